The summed E-state index contributed by atoms with van der Waals surface area (Å²) in [6.07, 6.45) is 0. The number of aromatic amines is 1. The van der Waals surface area contributed by atoms with Crippen LogP contribution >= 0.6 is 0 Å². The van der Waals surface area contributed by atoms with E-state index < -0.39 is 5.97 Å². The third-order valence-electron chi connectivity index (χ3n) is 1.60. The first-order valence-corrected chi connectivity index (χ1v) is 3.50. The van der Waals surface area contributed by atoms with Crippen molar-refractivity contribution in [3.63, 3.8) is 0 Å². The van der Waals surface area contributed by atoms with E-state index in [0.29, 0.717) is 12.2 Å². The lowest BCUT2D eigenvalue weighted by atomic mass is 10.1. The maximum absolute atomic E-state index is 10.5. The van der Waals surface area contributed by atoms with Crippen molar-refractivity contribution in [2.45, 2.75) is 12.8 Å². The van der Waals surface area contributed by atoms with Crippen LogP contribution in [0.1, 0.15) is 29.0 Å². The molecule has 6 nitrogen and oxygen atoms in total. The van der Waals surface area contributed by atoms with Gasteiger partial charge in [0.25, 0.3) is 0 Å². The van der Waals surface area contributed by atoms with Gasteiger partial charge in [-0.1, -0.05) is 6.92 Å². The zero-order valence-corrected chi connectivity index (χ0v) is 6.61. The first kappa shape index (κ1) is 8.66. The van der Waals surface area contributed by atoms with Crippen LogP contribution in [0.2, 0.25) is 0 Å². The van der Waals surface area contributed by atoms with E-state index in [2.05, 4.69) is 15.4 Å². The Kier molecular flexibility index (Phi) is 2.39. The number of carboxylic acids is 1. The fraction of sp³-hybridized carbons (Fsp3) is 0.500. The molecule has 0 radical (unpaired) electrons. The van der Waals surface area contributed by atoms with E-state index >= 15 is 0 Å². The van der Waals surface area contributed by atoms with Gasteiger partial charge in [-0.15, -0.1) is 5.10 Å². The van der Waals surface area contributed by atoms with Crippen molar-refractivity contribution in [1.29, 1.82) is 0 Å². The van der Waals surface area contributed by atoms with Crippen LogP contribution in [-0.4, -0.2) is 33.0 Å². The predicted molar refractivity (Wildman–Crippen MR) is 40.8 cm³/mol. The van der Waals surface area contributed by atoms with Crippen molar-refractivity contribution >= 4 is 5.97 Å². The molecule has 0 spiro atoms. The Bertz CT molecular complexity index is 283. The van der Waals surface area contributed by atoms with E-state index in [0.717, 1.165) is 0 Å². The van der Waals surface area contributed by atoms with Crippen molar-refractivity contribution in [3.8, 4) is 0 Å². The predicted octanol–water partition coefficient (Wildman–Crippen LogP) is -0.435. The van der Waals surface area contributed by atoms with Gasteiger partial charge in [0, 0.05) is 12.5 Å². The molecule has 66 valence electrons. The van der Waals surface area contributed by atoms with Crippen LogP contribution in [0.4, 0.5) is 0 Å². The fourth-order valence-corrected chi connectivity index (χ4v) is 0.852. The number of rotatable bonds is 3. The molecule has 1 heterocycles. The maximum Gasteiger partial charge on any atom is 0.358 e. The zero-order chi connectivity index (χ0) is 9.14. The van der Waals surface area contributed by atoms with Gasteiger partial charge < -0.3 is 10.8 Å². The van der Waals surface area contributed by atoms with Gasteiger partial charge in [-0.05, 0) is 0 Å². The molecular formula is C6H10N4O2. The summed E-state index contributed by atoms with van der Waals surface area (Å²) < 4.78 is 0. The highest BCUT2D eigenvalue weighted by atomic mass is 16.4. The Labute approximate surface area is 68.8 Å². The molecule has 1 rings (SSSR count). The Morgan fingerprint density at radius 1 is 1.75 bits per heavy atom. The number of carbonyl (C=O) groups is 1. The minimum absolute atomic E-state index is 0.0482. The number of hydrogen-bond donors (Lipinski definition) is 3. The number of hydrogen-bond acceptors (Lipinski definition) is 4. The molecule has 0 fully saturated rings. The third kappa shape index (κ3) is 1.42. The SMILES string of the molecule is CC(CN)c1n[nH]nc1C(=O)O. The van der Waals surface area contributed by atoms with Gasteiger partial charge in [-0.25, -0.2) is 4.79 Å². The topological polar surface area (TPSA) is 105 Å². The largest absolute Gasteiger partial charge is 0.476 e. The van der Waals surface area contributed by atoms with Crippen LogP contribution < -0.4 is 5.73 Å². The number of nitrogens with one attached hydrogen (secondary N) is 1. The minimum atomic E-state index is -1.08. The van der Waals surface area contributed by atoms with Crippen LogP contribution in [0.15, 0.2) is 0 Å². The average Bonchev–Trinajstić information content (AvgIpc) is 2.50. The van der Waals surface area contributed by atoms with E-state index in [-0.39, 0.29) is 11.6 Å². The van der Waals surface area contributed by atoms with Crippen LogP contribution in [-0.2, 0) is 0 Å². The number of carboxylic acid groups (broad SMARTS) is 1. The Morgan fingerprint density at radius 3 is 2.92 bits per heavy atom. The Morgan fingerprint density at radius 2 is 2.42 bits per heavy atom. The molecule has 0 amide bonds. The van der Waals surface area contributed by atoms with Gasteiger partial charge in [-0.3, -0.25) is 0 Å². The lowest BCUT2D eigenvalue weighted by molar-refractivity contribution is 0.0688. The number of H-pyrrole nitrogens is 1. The summed E-state index contributed by atoms with van der Waals surface area (Å²) in [5.74, 6) is -1.17. The lowest BCUT2D eigenvalue weighted by Crippen LogP contribution is -2.13. The molecule has 6 heteroatoms. The first-order chi connectivity index (χ1) is 5.66. The van der Waals surface area contributed by atoms with E-state index in [9.17, 15) is 4.79 Å². The minimum Gasteiger partial charge on any atom is -0.476 e. The highest BCUT2D eigenvalue weighted by Crippen LogP contribution is 2.13. The van der Waals surface area contributed by atoms with Gasteiger partial charge in [0.1, 0.15) is 5.69 Å². The summed E-state index contributed by atoms with van der Waals surface area (Å²) in [5, 5.41) is 18.1. The second-order valence-electron chi connectivity index (χ2n) is 2.50. The summed E-state index contributed by atoms with van der Waals surface area (Å²) in [4.78, 5) is 10.5. The van der Waals surface area contributed by atoms with Gasteiger partial charge in [0.15, 0.2) is 5.69 Å². The summed E-state index contributed by atoms with van der Waals surface area (Å²) in [6, 6.07) is 0. The highest BCUT2D eigenvalue weighted by Gasteiger charge is 2.18. The second kappa shape index (κ2) is 3.31. The number of aromatic carboxylic acids is 1. The Hall–Kier alpha value is -1.43. The Balaban J connectivity index is 2.98. The number of nitrogens with zero attached hydrogens (tertiary/aromatic N) is 2. The summed E-state index contributed by atoms with van der Waals surface area (Å²) in [7, 11) is 0. The molecule has 0 aromatic carbocycles. The van der Waals surface area contributed by atoms with Crippen molar-refractivity contribution in [2.24, 2.45) is 5.73 Å². The monoisotopic (exact) mass is 170 g/mol. The average molecular weight is 170 g/mol. The van der Waals surface area contributed by atoms with Crippen molar-refractivity contribution < 1.29 is 9.90 Å². The molecule has 1 unspecified atom stereocenters. The molecule has 12 heavy (non-hydrogen) atoms. The fourth-order valence-electron chi connectivity index (χ4n) is 0.852. The van der Waals surface area contributed by atoms with Crippen molar-refractivity contribution in [1.82, 2.24) is 15.4 Å². The number of aromatic nitrogens is 3. The molecule has 0 saturated heterocycles. The first-order valence-electron chi connectivity index (χ1n) is 3.50. The van der Waals surface area contributed by atoms with E-state index in [1.807, 2.05) is 0 Å². The highest BCUT2D eigenvalue weighted by molar-refractivity contribution is 5.86. The van der Waals surface area contributed by atoms with Gasteiger partial charge in [0.05, 0.1) is 0 Å². The van der Waals surface area contributed by atoms with Crippen LogP contribution in [0, 0.1) is 0 Å². The molecule has 1 atom stereocenters. The smallest absolute Gasteiger partial charge is 0.358 e. The maximum atomic E-state index is 10.5. The van der Waals surface area contributed by atoms with Crippen molar-refractivity contribution in [3.05, 3.63) is 11.4 Å². The third-order valence-corrected chi connectivity index (χ3v) is 1.60. The van der Waals surface area contributed by atoms with Gasteiger partial charge in [-0.2, -0.15) is 10.3 Å². The molecule has 4 N–H and O–H groups in total. The van der Waals surface area contributed by atoms with Crippen LogP contribution in [0.25, 0.3) is 0 Å². The summed E-state index contributed by atoms with van der Waals surface area (Å²) in [6.45, 7) is 2.15. The van der Waals surface area contributed by atoms with E-state index in [4.69, 9.17) is 10.8 Å². The lowest BCUT2D eigenvalue weighted by Gasteiger charge is -2.03. The second-order valence-corrected chi connectivity index (χ2v) is 2.50. The summed E-state index contributed by atoms with van der Waals surface area (Å²) in [5.41, 5.74) is 5.72. The van der Waals surface area contributed by atoms with Crippen LogP contribution in [0.5, 0.6) is 0 Å². The molecule has 0 bridgehead atoms. The van der Waals surface area contributed by atoms with Crippen LogP contribution in [0.3, 0.4) is 0 Å². The standard InChI is InChI=1S/C6H10N4O2/c1-3(2-7)4-5(6(11)12)9-10-8-4/h3H,2,7H2,1H3,(H,11,12)(H,8,9,10). The molecule has 0 saturated carbocycles. The quantitative estimate of drug-likeness (QED) is 0.570. The molecule has 0 aliphatic heterocycles. The molecular weight excluding hydrogens is 160 g/mol. The molecule has 0 aliphatic carbocycles. The van der Waals surface area contributed by atoms with Crippen molar-refractivity contribution in [2.75, 3.05) is 6.54 Å². The molecule has 1 aromatic heterocycles. The zero-order valence-electron chi connectivity index (χ0n) is 6.61. The summed E-state index contributed by atoms with van der Waals surface area (Å²) >= 11 is 0. The van der Waals surface area contributed by atoms with Gasteiger partial charge >= 0.3 is 5.97 Å². The number of nitrogens with two attached hydrogens (primary N) is 1. The normalized spacial score (nSPS) is 12.8. The van der Waals surface area contributed by atoms with E-state index in [1.165, 1.54) is 0 Å². The molecule has 1 aromatic rings. The van der Waals surface area contributed by atoms with Gasteiger partial charge in [0.2, 0.25) is 0 Å². The van der Waals surface area contributed by atoms with E-state index in [1.54, 1.807) is 6.92 Å². The molecule has 0 aliphatic rings.